The predicted octanol–water partition coefficient (Wildman–Crippen LogP) is 7.16. The quantitative estimate of drug-likeness (QED) is 0.238. The van der Waals surface area contributed by atoms with Crippen molar-refractivity contribution >= 4 is 0 Å². The first kappa shape index (κ1) is 30.3. The molecule has 0 N–H and O–H groups in total. The summed E-state index contributed by atoms with van der Waals surface area (Å²) in [6.07, 6.45) is 3.33. The number of rotatable bonds is 4. The van der Waals surface area contributed by atoms with Crippen molar-refractivity contribution in [2.45, 2.75) is 37.8 Å². The van der Waals surface area contributed by atoms with E-state index in [1.165, 1.54) is 16.7 Å². The van der Waals surface area contributed by atoms with Crippen molar-refractivity contribution in [3.05, 3.63) is 94.0 Å². The van der Waals surface area contributed by atoms with Crippen LogP contribution in [-0.2, 0) is 25.7 Å². The molecule has 0 aromatic heterocycles. The molecule has 0 saturated carbocycles. The molecule has 46 heavy (non-hydrogen) atoms. The van der Waals surface area contributed by atoms with Crippen LogP contribution in [0.5, 0.6) is 46.0 Å². The molecule has 4 bridgehead atoms. The van der Waals surface area contributed by atoms with Gasteiger partial charge in [0.15, 0.2) is 23.0 Å². The molecule has 4 aliphatic rings. The normalized spacial score (nSPS) is 19.2. The zero-order valence-corrected chi connectivity index (χ0v) is 27.5. The summed E-state index contributed by atoms with van der Waals surface area (Å²) in [5.41, 5.74) is 7.04. The molecule has 0 amide bonds. The summed E-state index contributed by atoms with van der Waals surface area (Å²) in [6.45, 7) is 1.85. The SMILES string of the molecule is COc1cc2c3c(c1OC)Oc1ccc(cc1)CC1c4c(cc(OC)c(OC)c4Oc4cccc(c4)CC3N(C)CC2)CCN1C. The topological polar surface area (TPSA) is 61.9 Å². The van der Waals surface area contributed by atoms with Crippen LogP contribution in [0.3, 0.4) is 0 Å². The second kappa shape index (κ2) is 12.4. The first-order chi connectivity index (χ1) is 22.4. The van der Waals surface area contributed by atoms with Gasteiger partial charge >= 0.3 is 0 Å². The van der Waals surface area contributed by atoms with E-state index in [0.29, 0.717) is 34.5 Å². The monoisotopic (exact) mass is 622 g/mol. The van der Waals surface area contributed by atoms with Crippen LogP contribution < -0.4 is 28.4 Å². The third kappa shape index (κ3) is 5.29. The Labute approximate surface area is 271 Å². The Hall–Kier alpha value is -4.40. The van der Waals surface area contributed by atoms with Gasteiger partial charge in [0.2, 0.25) is 11.5 Å². The van der Waals surface area contributed by atoms with E-state index in [0.717, 1.165) is 67.0 Å². The predicted molar refractivity (Wildman–Crippen MR) is 178 cm³/mol. The lowest BCUT2D eigenvalue weighted by Crippen LogP contribution is -2.34. The van der Waals surface area contributed by atoms with Gasteiger partial charge < -0.3 is 28.4 Å². The van der Waals surface area contributed by atoms with Crippen molar-refractivity contribution in [2.75, 3.05) is 55.6 Å². The summed E-state index contributed by atoms with van der Waals surface area (Å²) in [6, 6.07) is 21.2. The fourth-order valence-corrected chi connectivity index (χ4v) is 7.37. The highest BCUT2D eigenvalue weighted by Crippen LogP contribution is 2.52. The maximum absolute atomic E-state index is 6.88. The highest BCUT2D eigenvalue weighted by molar-refractivity contribution is 5.64. The number of methoxy groups -OCH3 is 4. The molecule has 8 rings (SSSR count). The van der Waals surface area contributed by atoms with Gasteiger partial charge in [0, 0.05) is 36.3 Å². The lowest BCUT2D eigenvalue weighted by atomic mass is 9.87. The molecule has 8 nitrogen and oxygen atoms in total. The van der Waals surface area contributed by atoms with E-state index in [1.807, 2.05) is 6.07 Å². The van der Waals surface area contributed by atoms with Crippen molar-refractivity contribution in [2.24, 2.45) is 0 Å². The minimum Gasteiger partial charge on any atom is -0.493 e. The molecule has 240 valence electrons. The number of hydrogen-bond acceptors (Lipinski definition) is 8. The van der Waals surface area contributed by atoms with E-state index < -0.39 is 0 Å². The molecule has 4 heterocycles. The van der Waals surface area contributed by atoms with Crippen LogP contribution in [0.15, 0.2) is 60.7 Å². The molecule has 2 unspecified atom stereocenters. The van der Waals surface area contributed by atoms with E-state index in [4.69, 9.17) is 28.4 Å². The molecule has 0 fully saturated rings. The summed E-state index contributed by atoms with van der Waals surface area (Å²) in [5, 5.41) is 0. The number of likely N-dealkylation sites (N-methyl/N-ethyl adjacent to an activating group) is 2. The second-order valence-corrected chi connectivity index (χ2v) is 12.4. The van der Waals surface area contributed by atoms with Gasteiger partial charge in [0.05, 0.1) is 28.4 Å². The summed E-state index contributed by atoms with van der Waals surface area (Å²) in [7, 11) is 11.1. The Balaban J connectivity index is 1.44. The molecule has 4 aromatic rings. The third-order valence-corrected chi connectivity index (χ3v) is 9.82. The minimum atomic E-state index is 0.0425. The van der Waals surface area contributed by atoms with E-state index in [9.17, 15) is 0 Å². The molecule has 2 atom stereocenters. The average molecular weight is 623 g/mol. The standard InChI is InChI=1S/C38H42N2O6/c1-39-16-14-25-21-32(42-4)36(44-6)38-33(25)29(39)19-23-10-12-27(13-11-23)45-37-34-26(22-31(41-3)35(37)43-5)15-17-40(2)30(34)20-24-8-7-9-28(18-24)46-38/h7-13,18,21-22,29-30H,14-17,19-20H2,1-6H3. The van der Waals surface area contributed by atoms with Gasteiger partial charge in [-0.15, -0.1) is 0 Å². The van der Waals surface area contributed by atoms with Gasteiger partial charge in [0.1, 0.15) is 11.5 Å². The van der Waals surface area contributed by atoms with Gasteiger partial charge in [-0.1, -0.05) is 24.3 Å². The van der Waals surface area contributed by atoms with Gasteiger partial charge in [-0.05, 0) is 98.4 Å². The van der Waals surface area contributed by atoms with E-state index in [-0.39, 0.29) is 12.1 Å². The van der Waals surface area contributed by atoms with E-state index in [2.05, 4.69) is 78.5 Å². The Morgan fingerprint density at radius 1 is 0.587 bits per heavy atom. The second-order valence-electron chi connectivity index (χ2n) is 12.4. The zero-order valence-electron chi connectivity index (χ0n) is 27.5. The number of nitrogens with zero attached hydrogens (tertiary/aromatic N) is 2. The summed E-state index contributed by atoms with van der Waals surface area (Å²) < 4.78 is 37.2. The molecule has 4 aromatic carbocycles. The van der Waals surface area contributed by atoms with Crippen molar-refractivity contribution in [1.29, 1.82) is 0 Å². The molecule has 0 saturated heterocycles. The highest BCUT2D eigenvalue weighted by Gasteiger charge is 2.35. The Bertz CT molecular complexity index is 1750. The summed E-state index contributed by atoms with van der Waals surface area (Å²) in [4.78, 5) is 4.80. The maximum atomic E-state index is 6.88. The van der Waals surface area contributed by atoms with Crippen LogP contribution in [0.1, 0.15) is 45.5 Å². The molecule has 0 aliphatic carbocycles. The Morgan fingerprint density at radius 3 is 1.63 bits per heavy atom. The lowest BCUT2D eigenvalue weighted by Gasteiger charge is -2.37. The zero-order chi connectivity index (χ0) is 31.9. The van der Waals surface area contributed by atoms with Crippen LogP contribution in [-0.4, -0.2) is 65.4 Å². The van der Waals surface area contributed by atoms with Crippen LogP contribution >= 0.6 is 0 Å². The Kier molecular flexibility index (Phi) is 8.17. The molecular formula is C38H42N2O6. The van der Waals surface area contributed by atoms with Crippen molar-refractivity contribution in [3.63, 3.8) is 0 Å². The maximum Gasteiger partial charge on any atom is 0.204 e. The first-order valence-electron chi connectivity index (χ1n) is 15.9. The molecule has 4 aliphatic heterocycles. The number of ether oxygens (including phenoxy) is 6. The van der Waals surface area contributed by atoms with Crippen LogP contribution in [0.2, 0.25) is 0 Å². The number of hydrogen-bond donors (Lipinski definition) is 0. The van der Waals surface area contributed by atoms with Gasteiger partial charge in [-0.2, -0.15) is 0 Å². The van der Waals surface area contributed by atoms with Gasteiger partial charge in [-0.25, -0.2) is 0 Å². The highest BCUT2D eigenvalue weighted by atomic mass is 16.5. The van der Waals surface area contributed by atoms with Crippen molar-refractivity contribution in [1.82, 2.24) is 9.80 Å². The smallest absolute Gasteiger partial charge is 0.204 e. The average Bonchev–Trinajstić information content (AvgIpc) is 3.07. The van der Waals surface area contributed by atoms with Crippen molar-refractivity contribution in [3.8, 4) is 46.0 Å². The molecule has 0 spiro atoms. The fraction of sp³-hybridized carbons (Fsp3) is 0.368. The number of benzene rings is 4. The molecule has 8 heteroatoms. The van der Waals surface area contributed by atoms with E-state index >= 15 is 0 Å². The summed E-state index contributed by atoms with van der Waals surface area (Å²) in [5.74, 6) is 5.51. The Morgan fingerprint density at radius 2 is 1.11 bits per heavy atom. The fourth-order valence-electron chi connectivity index (χ4n) is 7.37. The first-order valence-corrected chi connectivity index (χ1v) is 15.9. The van der Waals surface area contributed by atoms with Crippen LogP contribution in [0.4, 0.5) is 0 Å². The van der Waals surface area contributed by atoms with Crippen LogP contribution in [0, 0.1) is 0 Å². The molecular weight excluding hydrogens is 580 g/mol. The lowest BCUT2D eigenvalue weighted by molar-refractivity contribution is 0.221. The third-order valence-electron chi connectivity index (χ3n) is 9.82. The van der Waals surface area contributed by atoms with Gasteiger partial charge in [-0.3, -0.25) is 9.80 Å². The van der Waals surface area contributed by atoms with Crippen molar-refractivity contribution < 1.29 is 28.4 Å². The van der Waals surface area contributed by atoms with Gasteiger partial charge in [0.25, 0.3) is 0 Å². The van der Waals surface area contributed by atoms with E-state index in [1.54, 1.807) is 28.4 Å². The molecule has 0 radical (unpaired) electrons. The van der Waals surface area contributed by atoms with Crippen LogP contribution in [0.25, 0.3) is 0 Å². The largest absolute Gasteiger partial charge is 0.493 e. The number of fused-ring (bicyclic) bond motifs is 2. The minimum absolute atomic E-state index is 0.0425. The summed E-state index contributed by atoms with van der Waals surface area (Å²) >= 11 is 0.